The molecule has 9 heteroatoms. The van der Waals surface area contributed by atoms with Crippen molar-refractivity contribution in [2.45, 2.75) is 58.7 Å². The maximum atomic E-state index is 13.0. The van der Waals surface area contributed by atoms with E-state index in [4.69, 9.17) is 9.72 Å². The van der Waals surface area contributed by atoms with Crippen molar-refractivity contribution in [3.63, 3.8) is 0 Å². The molecule has 1 N–H and O–H groups in total. The molecule has 1 aliphatic rings. The maximum Gasteiger partial charge on any atom is 0.437 e. The molecule has 2 aromatic carbocycles. The summed E-state index contributed by atoms with van der Waals surface area (Å²) in [6.45, 7) is 10.0. The van der Waals surface area contributed by atoms with Crippen molar-refractivity contribution < 1.29 is 14.3 Å². The van der Waals surface area contributed by atoms with Gasteiger partial charge in [0.15, 0.2) is 0 Å². The first-order chi connectivity index (χ1) is 17.3. The van der Waals surface area contributed by atoms with Crippen LogP contribution in [0.15, 0.2) is 47.5 Å². The Labute approximate surface area is 218 Å². The molecule has 0 aliphatic carbocycles. The molecule has 196 valence electrons. The highest BCUT2D eigenvalue weighted by Gasteiger charge is 2.39. The van der Waals surface area contributed by atoms with Gasteiger partial charge in [0.1, 0.15) is 11.4 Å². The number of para-hydroxylation sites is 1. The Bertz CT molecular complexity index is 1380. The number of nitrogens with zero attached hydrogens (tertiary/aromatic N) is 5. The maximum absolute atomic E-state index is 13.0. The molecular weight excluding hydrogens is 468 g/mol. The molecule has 0 saturated carbocycles. The zero-order valence-electron chi connectivity index (χ0n) is 22.9. The van der Waals surface area contributed by atoms with E-state index >= 15 is 0 Å². The summed E-state index contributed by atoms with van der Waals surface area (Å²) < 4.78 is 7.50. The quantitative estimate of drug-likeness (QED) is 0.568. The Morgan fingerprint density at radius 2 is 1.92 bits per heavy atom. The Hall–Kier alpha value is -3.72. The highest BCUT2D eigenvalue weighted by Crippen LogP contribution is 2.32. The minimum Gasteiger partial charge on any atom is -0.442 e. The number of aryl methyl sites for hydroxylation is 1. The van der Waals surface area contributed by atoms with Crippen molar-refractivity contribution in [3.05, 3.63) is 59.4 Å². The third kappa shape index (κ3) is 5.51. The van der Waals surface area contributed by atoms with Gasteiger partial charge in [-0.1, -0.05) is 24.3 Å². The second-order valence-electron chi connectivity index (χ2n) is 11.1. The zero-order chi connectivity index (χ0) is 27.1. The molecule has 2 heterocycles. The number of hydrogen-bond donors (Lipinski definition) is 1. The summed E-state index contributed by atoms with van der Waals surface area (Å²) in [5.41, 5.74) is 3.56. The molecule has 1 saturated heterocycles. The molecule has 0 bridgehead atoms. The number of hydrogen-bond acceptors (Lipinski definition) is 5. The van der Waals surface area contributed by atoms with Crippen LogP contribution in [0.4, 0.5) is 4.79 Å². The largest absolute Gasteiger partial charge is 0.442 e. The number of rotatable bonds is 4. The number of aliphatic imine (C=N–C) groups is 1. The molecule has 0 spiro atoms. The summed E-state index contributed by atoms with van der Waals surface area (Å²) in [5.74, 6) is 0.894. The molecule has 3 aromatic rings. The lowest BCUT2D eigenvalue weighted by molar-refractivity contribution is -0.129. The molecule has 37 heavy (non-hydrogen) atoms. The third-order valence-electron chi connectivity index (χ3n) is 6.33. The smallest absolute Gasteiger partial charge is 0.437 e. The summed E-state index contributed by atoms with van der Waals surface area (Å²) in [5, 5.41) is 3.33. The third-order valence-corrected chi connectivity index (χ3v) is 6.33. The number of amides is 2. The average Bonchev–Trinajstić information content (AvgIpc) is 3.12. The van der Waals surface area contributed by atoms with Crippen LogP contribution in [0.25, 0.3) is 16.7 Å². The number of fused-ring (bicyclic) bond motifs is 1. The van der Waals surface area contributed by atoms with Crippen molar-refractivity contribution in [2.75, 3.05) is 21.1 Å². The van der Waals surface area contributed by atoms with Crippen molar-refractivity contribution in [2.24, 2.45) is 4.99 Å². The van der Waals surface area contributed by atoms with Crippen LogP contribution in [0.5, 0.6) is 0 Å². The van der Waals surface area contributed by atoms with Crippen molar-refractivity contribution in [3.8, 4) is 5.69 Å². The van der Waals surface area contributed by atoms with Gasteiger partial charge in [-0.05, 0) is 78.0 Å². The Morgan fingerprint density at radius 3 is 2.59 bits per heavy atom. The van der Waals surface area contributed by atoms with E-state index in [-0.39, 0.29) is 18.3 Å². The van der Waals surface area contributed by atoms with Crippen LogP contribution >= 0.6 is 0 Å². The highest BCUT2D eigenvalue weighted by atomic mass is 16.6. The predicted molar refractivity (Wildman–Crippen MR) is 145 cm³/mol. The lowest BCUT2D eigenvalue weighted by Crippen LogP contribution is -2.58. The number of carbonyl (C=O) groups is 2. The van der Waals surface area contributed by atoms with Crippen LogP contribution in [0.1, 0.15) is 51.1 Å². The van der Waals surface area contributed by atoms with Crippen LogP contribution in [-0.4, -0.2) is 64.1 Å². The highest BCUT2D eigenvalue weighted by molar-refractivity contribution is 6.03. The van der Waals surface area contributed by atoms with E-state index in [0.29, 0.717) is 0 Å². The lowest BCUT2D eigenvalue weighted by Gasteiger charge is -2.40. The molecule has 1 fully saturated rings. The summed E-state index contributed by atoms with van der Waals surface area (Å²) >= 11 is 0. The first kappa shape index (κ1) is 26.3. The summed E-state index contributed by atoms with van der Waals surface area (Å²) in [4.78, 5) is 37.8. The molecule has 0 radical (unpaired) electrons. The van der Waals surface area contributed by atoms with Crippen LogP contribution in [0.2, 0.25) is 0 Å². The molecule has 9 nitrogen and oxygen atoms in total. The minimum atomic E-state index is -0.781. The predicted octanol–water partition coefficient (Wildman–Crippen LogP) is 4.35. The minimum absolute atomic E-state index is 0.147. The van der Waals surface area contributed by atoms with Crippen molar-refractivity contribution in [1.29, 1.82) is 0 Å². The number of benzene rings is 2. The van der Waals surface area contributed by atoms with E-state index < -0.39 is 17.2 Å². The number of carbonyl (C=O) groups excluding carboxylic acids is 2. The normalized spacial score (nSPS) is 19.5. The van der Waals surface area contributed by atoms with Gasteiger partial charge in [-0.15, -0.1) is 4.99 Å². The first-order valence-electron chi connectivity index (χ1n) is 12.4. The monoisotopic (exact) mass is 504 g/mol. The fraction of sp³-hybridized carbons (Fsp3) is 0.429. The van der Waals surface area contributed by atoms with E-state index in [1.807, 2.05) is 58.3 Å². The summed E-state index contributed by atoms with van der Waals surface area (Å²) in [7, 11) is 5.70. The molecule has 1 atom stereocenters. The molecule has 1 aromatic heterocycles. The van der Waals surface area contributed by atoms with Crippen LogP contribution in [0, 0.1) is 6.92 Å². The first-order valence-corrected chi connectivity index (χ1v) is 12.4. The van der Waals surface area contributed by atoms with Gasteiger partial charge in [0.2, 0.25) is 11.9 Å². The summed E-state index contributed by atoms with van der Waals surface area (Å²) in [6, 6.07) is 14.3. The average molecular weight is 505 g/mol. The second-order valence-corrected chi connectivity index (χ2v) is 11.1. The fourth-order valence-electron chi connectivity index (χ4n) is 4.65. The number of aromatic nitrogens is 2. The standard InChI is InChI=1S/C28H36N6O3/c1-18-29-22-14-9-11-19(17-32(6)7)24(22)34(18)21-13-10-12-20(15-21)28(5)16-23(35)33(8)25(31-28)30-26(36)37-27(2,3)4/h9-15H,16-17H2,1-8H3,(H,30,31,36)/t28-/m0/s1. The second kappa shape index (κ2) is 9.63. The molecule has 1 aliphatic heterocycles. The number of guanidine groups is 1. The summed E-state index contributed by atoms with van der Waals surface area (Å²) in [6.07, 6.45) is -0.544. The van der Waals surface area contributed by atoms with E-state index in [1.54, 1.807) is 27.8 Å². The molecule has 4 rings (SSSR count). The molecular formula is C28H36N6O3. The topological polar surface area (TPSA) is 92.1 Å². The van der Waals surface area contributed by atoms with Crippen molar-refractivity contribution in [1.82, 2.24) is 24.7 Å². The van der Waals surface area contributed by atoms with Gasteiger partial charge in [-0.25, -0.2) is 9.78 Å². The fourth-order valence-corrected chi connectivity index (χ4v) is 4.65. The SMILES string of the molecule is Cc1nc2cccc(CN(C)C)c2n1-c1cccc([C@]2(C)CC(=O)N(C)/C(=N/C(=O)OC(C)(C)C)N2)c1. The Kier molecular flexibility index (Phi) is 6.85. The van der Waals surface area contributed by atoms with E-state index in [0.717, 1.165) is 34.7 Å². The van der Waals surface area contributed by atoms with Gasteiger partial charge in [0.25, 0.3) is 0 Å². The van der Waals surface area contributed by atoms with Crippen molar-refractivity contribution >= 4 is 29.0 Å². The van der Waals surface area contributed by atoms with E-state index in [1.165, 1.54) is 10.5 Å². The molecule has 0 unspecified atom stereocenters. The number of imidazole rings is 1. The van der Waals surface area contributed by atoms with Gasteiger partial charge in [0.05, 0.1) is 23.0 Å². The van der Waals surface area contributed by atoms with Crippen LogP contribution in [-0.2, 0) is 21.6 Å². The Morgan fingerprint density at radius 1 is 1.22 bits per heavy atom. The number of ether oxygens (including phenoxy) is 1. The van der Waals surface area contributed by atoms with Gasteiger partial charge in [-0.3, -0.25) is 14.3 Å². The van der Waals surface area contributed by atoms with Gasteiger partial charge in [0, 0.05) is 19.3 Å². The van der Waals surface area contributed by atoms with Gasteiger partial charge >= 0.3 is 6.09 Å². The number of nitrogens with one attached hydrogen (secondary N) is 1. The zero-order valence-corrected chi connectivity index (χ0v) is 22.9. The molecule has 2 amide bonds. The van der Waals surface area contributed by atoms with Crippen LogP contribution < -0.4 is 5.32 Å². The Balaban J connectivity index is 1.76. The lowest BCUT2D eigenvalue weighted by atomic mass is 9.86. The van der Waals surface area contributed by atoms with Crippen LogP contribution in [0.3, 0.4) is 0 Å². The van der Waals surface area contributed by atoms with E-state index in [2.05, 4.69) is 31.9 Å². The van der Waals surface area contributed by atoms with E-state index in [9.17, 15) is 9.59 Å². The van der Waals surface area contributed by atoms with Gasteiger partial charge in [-0.2, -0.15) is 0 Å². The van der Waals surface area contributed by atoms with Gasteiger partial charge < -0.3 is 15.0 Å².